The summed E-state index contributed by atoms with van der Waals surface area (Å²) < 4.78 is 27.0. The summed E-state index contributed by atoms with van der Waals surface area (Å²) in [7, 11) is 0. The fraction of sp³-hybridized carbons (Fsp3) is 0.316. The van der Waals surface area contributed by atoms with E-state index in [2.05, 4.69) is 0 Å². The predicted molar refractivity (Wildman–Crippen MR) is 88.4 cm³/mol. The maximum absolute atomic E-state index is 13.7. The lowest BCUT2D eigenvalue weighted by atomic mass is 9.89. The van der Waals surface area contributed by atoms with Gasteiger partial charge in [0.25, 0.3) is 0 Å². The van der Waals surface area contributed by atoms with Crippen LogP contribution in [-0.4, -0.2) is 30.4 Å². The zero-order valence-electron chi connectivity index (χ0n) is 13.3. The molecule has 5 heteroatoms. The molecule has 2 aromatic carbocycles. The molecule has 0 unspecified atom stereocenters. The van der Waals surface area contributed by atoms with Crippen LogP contribution in [0.3, 0.4) is 0 Å². The second kappa shape index (κ2) is 7.09. The van der Waals surface area contributed by atoms with Crippen molar-refractivity contribution < 1.29 is 13.6 Å². The van der Waals surface area contributed by atoms with E-state index in [4.69, 9.17) is 5.73 Å². The number of carbonyl (C=O) groups excluding carboxylic acids is 1. The van der Waals surface area contributed by atoms with Gasteiger partial charge in [-0.1, -0.05) is 30.3 Å². The Morgan fingerprint density at radius 1 is 1.12 bits per heavy atom. The molecule has 3 rings (SSSR count). The summed E-state index contributed by atoms with van der Waals surface area (Å²) in [4.78, 5) is 14.2. The van der Waals surface area contributed by atoms with Crippen molar-refractivity contribution >= 4 is 5.91 Å². The van der Waals surface area contributed by atoms with E-state index in [-0.39, 0.29) is 29.7 Å². The summed E-state index contributed by atoms with van der Waals surface area (Å²) in [6.45, 7) is 1.59. The Morgan fingerprint density at radius 3 is 2.58 bits per heavy atom. The van der Waals surface area contributed by atoms with Crippen LogP contribution < -0.4 is 5.73 Å². The molecule has 1 heterocycles. The van der Waals surface area contributed by atoms with E-state index in [9.17, 15) is 13.6 Å². The predicted octanol–water partition coefficient (Wildman–Crippen LogP) is 2.71. The minimum Gasteiger partial charge on any atom is -0.341 e. The Labute approximate surface area is 140 Å². The second-order valence-electron chi connectivity index (χ2n) is 6.22. The molecule has 1 fully saturated rings. The number of halogens is 2. The van der Waals surface area contributed by atoms with Crippen LogP contribution in [0, 0.1) is 17.6 Å². The summed E-state index contributed by atoms with van der Waals surface area (Å²) >= 11 is 0. The number of amides is 1. The van der Waals surface area contributed by atoms with Crippen LogP contribution in [0.5, 0.6) is 0 Å². The topological polar surface area (TPSA) is 46.3 Å². The number of nitrogens with two attached hydrogens (primary N) is 1. The van der Waals surface area contributed by atoms with Gasteiger partial charge in [-0.15, -0.1) is 0 Å². The zero-order valence-corrected chi connectivity index (χ0v) is 13.3. The van der Waals surface area contributed by atoms with Gasteiger partial charge in [-0.25, -0.2) is 8.78 Å². The lowest BCUT2D eigenvalue weighted by molar-refractivity contribution is -0.129. The van der Waals surface area contributed by atoms with Gasteiger partial charge >= 0.3 is 0 Å². The Bertz CT molecular complexity index is 721. The van der Waals surface area contributed by atoms with Gasteiger partial charge in [0.1, 0.15) is 11.6 Å². The summed E-state index contributed by atoms with van der Waals surface area (Å²) in [5, 5.41) is 0. The number of benzene rings is 2. The Morgan fingerprint density at radius 2 is 1.88 bits per heavy atom. The van der Waals surface area contributed by atoms with Crippen LogP contribution in [-0.2, 0) is 11.2 Å². The van der Waals surface area contributed by atoms with Crippen molar-refractivity contribution in [3.05, 3.63) is 71.3 Å². The third kappa shape index (κ3) is 3.46. The number of hydrogen-bond acceptors (Lipinski definition) is 2. The van der Waals surface area contributed by atoms with Crippen molar-refractivity contribution in [2.24, 2.45) is 11.7 Å². The summed E-state index contributed by atoms with van der Waals surface area (Å²) in [5.74, 6) is -0.941. The highest BCUT2D eigenvalue weighted by Gasteiger charge is 2.35. The van der Waals surface area contributed by atoms with Gasteiger partial charge in [0.05, 0.1) is 6.42 Å². The van der Waals surface area contributed by atoms with Crippen molar-refractivity contribution in [1.82, 2.24) is 4.90 Å². The monoisotopic (exact) mass is 330 g/mol. The van der Waals surface area contributed by atoms with Gasteiger partial charge in [-0.05, 0) is 36.2 Å². The van der Waals surface area contributed by atoms with Crippen molar-refractivity contribution in [2.45, 2.75) is 12.3 Å². The summed E-state index contributed by atoms with van der Waals surface area (Å²) in [5.41, 5.74) is 7.12. The highest BCUT2D eigenvalue weighted by molar-refractivity contribution is 5.79. The molecule has 1 aliphatic heterocycles. The average molecular weight is 330 g/mol. The zero-order chi connectivity index (χ0) is 17.1. The maximum atomic E-state index is 13.7. The molecule has 126 valence electrons. The van der Waals surface area contributed by atoms with E-state index >= 15 is 0 Å². The minimum absolute atomic E-state index is 0.0902. The lowest BCUT2D eigenvalue weighted by Crippen LogP contribution is -2.31. The third-order valence-corrected chi connectivity index (χ3v) is 4.67. The lowest BCUT2D eigenvalue weighted by Gasteiger charge is -2.17. The van der Waals surface area contributed by atoms with E-state index in [0.29, 0.717) is 19.6 Å². The van der Waals surface area contributed by atoms with Gasteiger partial charge in [-0.2, -0.15) is 0 Å². The van der Waals surface area contributed by atoms with Crippen LogP contribution in [0.2, 0.25) is 0 Å². The number of hydrogen-bond donors (Lipinski definition) is 1. The first kappa shape index (κ1) is 16.6. The van der Waals surface area contributed by atoms with E-state index in [1.807, 2.05) is 30.3 Å². The first-order valence-electron chi connectivity index (χ1n) is 8.05. The standard InChI is InChI=1S/C19H20F2N2O/c20-16-6-7-18(21)14(8-16)9-19(24)23-11-15(10-22)17(12-23)13-4-2-1-3-5-13/h1-8,15,17H,9-12,22H2/t15-,17+/m1/s1. The Balaban J connectivity index is 1.73. The molecule has 0 radical (unpaired) electrons. The highest BCUT2D eigenvalue weighted by Crippen LogP contribution is 2.32. The van der Waals surface area contributed by atoms with Crippen LogP contribution in [0.1, 0.15) is 17.0 Å². The van der Waals surface area contributed by atoms with Crippen molar-refractivity contribution in [1.29, 1.82) is 0 Å². The molecule has 0 bridgehead atoms. The SMILES string of the molecule is NC[C@@H]1CN(C(=O)Cc2cc(F)ccc2F)C[C@H]1c1ccccc1. The smallest absolute Gasteiger partial charge is 0.227 e. The Hall–Kier alpha value is -2.27. The molecule has 0 aromatic heterocycles. The molecule has 24 heavy (non-hydrogen) atoms. The van der Waals surface area contributed by atoms with Gasteiger partial charge < -0.3 is 10.6 Å². The van der Waals surface area contributed by atoms with E-state index < -0.39 is 11.6 Å². The quantitative estimate of drug-likeness (QED) is 0.937. The molecule has 2 N–H and O–H groups in total. The van der Waals surface area contributed by atoms with Crippen molar-refractivity contribution in [2.75, 3.05) is 19.6 Å². The molecule has 2 atom stereocenters. The molecular formula is C19H20F2N2O. The molecule has 0 spiro atoms. The third-order valence-electron chi connectivity index (χ3n) is 4.67. The van der Waals surface area contributed by atoms with E-state index in [1.54, 1.807) is 4.90 Å². The number of rotatable bonds is 4. The molecule has 3 nitrogen and oxygen atoms in total. The van der Waals surface area contributed by atoms with E-state index in [0.717, 1.165) is 23.8 Å². The van der Waals surface area contributed by atoms with Gasteiger partial charge in [0.2, 0.25) is 5.91 Å². The maximum Gasteiger partial charge on any atom is 0.227 e. The van der Waals surface area contributed by atoms with Crippen molar-refractivity contribution in [3.8, 4) is 0 Å². The van der Waals surface area contributed by atoms with Gasteiger partial charge in [0, 0.05) is 24.6 Å². The molecule has 1 amide bonds. The van der Waals surface area contributed by atoms with E-state index in [1.165, 1.54) is 0 Å². The minimum atomic E-state index is -0.557. The second-order valence-corrected chi connectivity index (χ2v) is 6.22. The van der Waals surface area contributed by atoms with Gasteiger partial charge in [-0.3, -0.25) is 4.79 Å². The molecule has 0 aliphatic carbocycles. The molecular weight excluding hydrogens is 310 g/mol. The summed E-state index contributed by atoms with van der Waals surface area (Å²) in [6.07, 6.45) is -0.137. The van der Waals surface area contributed by atoms with Crippen LogP contribution in [0.4, 0.5) is 8.78 Å². The number of likely N-dealkylation sites (tertiary alicyclic amines) is 1. The largest absolute Gasteiger partial charge is 0.341 e. The first-order valence-corrected chi connectivity index (χ1v) is 8.05. The fourth-order valence-corrected chi connectivity index (χ4v) is 3.35. The van der Waals surface area contributed by atoms with Crippen molar-refractivity contribution in [3.63, 3.8) is 0 Å². The fourth-order valence-electron chi connectivity index (χ4n) is 3.35. The molecule has 0 saturated carbocycles. The Kier molecular flexibility index (Phi) is 4.90. The van der Waals surface area contributed by atoms with Crippen LogP contribution in [0.15, 0.2) is 48.5 Å². The molecule has 2 aromatic rings. The normalized spacial score (nSPS) is 20.4. The highest BCUT2D eigenvalue weighted by atomic mass is 19.1. The van der Waals surface area contributed by atoms with Crippen LogP contribution in [0.25, 0.3) is 0 Å². The average Bonchev–Trinajstić information content (AvgIpc) is 3.03. The molecule has 1 saturated heterocycles. The summed E-state index contributed by atoms with van der Waals surface area (Å²) in [6, 6.07) is 13.1. The first-order chi connectivity index (χ1) is 11.6. The number of carbonyl (C=O) groups is 1. The van der Waals surface area contributed by atoms with Gasteiger partial charge in [0.15, 0.2) is 0 Å². The molecule has 1 aliphatic rings. The van der Waals surface area contributed by atoms with Crippen LogP contribution >= 0.6 is 0 Å². The number of nitrogens with zero attached hydrogens (tertiary/aromatic N) is 1.